The van der Waals surface area contributed by atoms with Crippen LogP contribution in [0.1, 0.15) is 48.7 Å². The van der Waals surface area contributed by atoms with E-state index in [4.69, 9.17) is 18.6 Å². The van der Waals surface area contributed by atoms with Crippen molar-refractivity contribution in [1.29, 1.82) is 0 Å². The second-order valence-electron chi connectivity index (χ2n) is 6.78. The molecule has 29 heavy (non-hydrogen) atoms. The zero-order chi connectivity index (χ0) is 20.8. The molecule has 152 valence electrons. The van der Waals surface area contributed by atoms with E-state index in [9.17, 15) is 4.79 Å². The van der Waals surface area contributed by atoms with E-state index in [0.29, 0.717) is 18.1 Å². The molecule has 1 heterocycles. The Morgan fingerprint density at radius 2 is 1.69 bits per heavy atom. The summed E-state index contributed by atoms with van der Waals surface area (Å²) >= 11 is 0. The van der Waals surface area contributed by atoms with Crippen molar-refractivity contribution in [2.45, 2.75) is 39.6 Å². The Morgan fingerprint density at radius 3 is 2.31 bits per heavy atom. The largest absolute Gasteiger partial charge is 0.497 e. The van der Waals surface area contributed by atoms with Crippen molar-refractivity contribution in [2.24, 2.45) is 0 Å². The van der Waals surface area contributed by atoms with E-state index >= 15 is 0 Å². The number of esters is 1. The number of nitrogens with zero attached hydrogens (tertiary/aromatic N) is 2. The first-order chi connectivity index (χ1) is 14.0. The van der Waals surface area contributed by atoms with Crippen LogP contribution in [0.25, 0.3) is 11.5 Å². The third-order valence-electron chi connectivity index (χ3n) is 4.18. The van der Waals surface area contributed by atoms with Crippen molar-refractivity contribution < 1.29 is 23.4 Å². The van der Waals surface area contributed by atoms with Gasteiger partial charge in [0.05, 0.1) is 25.4 Å². The van der Waals surface area contributed by atoms with E-state index in [1.54, 1.807) is 38.3 Å². The molecule has 0 bridgehead atoms. The van der Waals surface area contributed by atoms with Gasteiger partial charge in [-0.25, -0.2) is 4.79 Å². The zero-order valence-corrected chi connectivity index (χ0v) is 16.9. The van der Waals surface area contributed by atoms with Crippen LogP contribution in [0.3, 0.4) is 0 Å². The summed E-state index contributed by atoms with van der Waals surface area (Å²) in [6, 6.07) is 14.4. The zero-order valence-electron chi connectivity index (χ0n) is 16.9. The van der Waals surface area contributed by atoms with Gasteiger partial charge in [0, 0.05) is 5.56 Å². The number of hydrogen-bond acceptors (Lipinski definition) is 7. The summed E-state index contributed by atoms with van der Waals surface area (Å²) in [5, 5.41) is 8.02. The SMILES string of the molecule is COc1ccc(-c2nnc([C@H](C)OC(=O)c3ccc(COC(C)C)cc3)o2)cc1. The molecule has 1 atom stereocenters. The lowest BCUT2D eigenvalue weighted by Gasteiger charge is -2.10. The van der Waals surface area contributed by atoms with E-state index in [1.165, 1.54) is 0 Å². The number of benzene rings is 2. The summed E-state index contributed by atoms with van der Waals surface area (Å²) < 4.78 is 21.8. The molecule has 3 aromatic rings. The van der Waals surface area contributed by atoms with Crippen molar-refractivity contribution in [3.63, 3.8) is 0 Å². The smallest absolute Gasteiger partial charge is 0.338 e. The average molecular weight is 396 g/mol. The fourth-order valence-electron chi connectivity index (χ4n) is 2.53. The van der Waals surface area contributed by atoms with E-state index in [2.05, 4.69) is 10.2 Å². The number of carbonyl (C=O) groups excluding carboxylic acids is 1. The van der Waals surface area contributed by atoms with Crippen LogP contribution in [-0.4, -0.2) is 29.4 Å². The lowest BCUT2D eigenvalue weighted by molar-refractivity contribution is 0.0279. The molecule has 0 spiro atoms. The maximum absolute atomic E-state index is 12.4. The highest BCUT2D eigenvalue weighted by Crippen LogP contribution is 2.24. The third-order valence-corrected chi connectivity index (χ3v) is 4.18. The van der Waals surface area contributed by atoms with Gasteiger partial charge < -0.3 is 18.6 Å². The van der Waals surface area contributed by atoms with Crippen molar-refractivity contribution in [1.82, 2.24) is 10.2 Å². The maximum atomic E-state index is 12.4. The van der Waals surface area contributed by atoms with Gasteiger partial charge in [-0.1, -0.05) is 12.1 Å². The number of hydrogen-bond donors (Lipinski definition) is 0. The Morgan fingerprint density at radius 1 is 1.00 bits per heavy atom. The van der Waals surface area contributed by atoms with Gasteiger partial charge in [0.2, 0.25) is 5.89 Å². The molecule has 0 aliphatic heterocycles. The summed E-state index contributed by atoms with van der Waals surface area (Å²) in [6.07, 6.45) is -0.524. The first-order valence-corrected chi connectivity index (χ1v) is 9.35. The van der Waals surface area contributed by atoms with Crippen LogP contribution in [-0.2, 0) is 16.1 Å². The molecule has 0 aliphatic rings. The topological polar surface area (TPSA) is 83.7 Å². The number of ether oxygens (including phenoxy) is 3. The van der Waals surface area contributed by atoms with Crippen LogP contribution in [0, 0.1) is 0 Å². The fraction of sp³-hybridized carbons (Fsp3) is 0.318. The highest BCUT2D eigenvalue weighted by atomic mass is 16.6. The van der Waals surface area contributed by atoms with Gasteiger partial charge in [0.15, 0.2) is 6.10 Å². The van der Waals surface area contributed by atoms with Gasteiger partial charge in [-0.2, -0.15) is 0 Å². The van der Waals surface area contributed by atoms with E-state index < -0.39 is 12.1 Å². The van der Waals surface area contributed by atoms with Crippen LogP contribution in [0.5, 0.6) is 5.75 Å². The van der Waals surface area contributed by atoms with E-state index in [1.807, 2.05) is 38.1 Å². The van der Waals surface area contributed by atoms with Gasteiger partial charge in [-0.3, -0.25) is 0 Å². The lowest BCUT2D eigenvalue weighted by atomic mass is 10.1. The Hall–Kier alpha value is -3.19. The number of aromatic nitrogens is 2. The predicted octanol–water partition coefficient (Wildman–Crippen LogP) is 4.59. The first kappa shape index (κ1) is 20.5. The summed E-state index contributed by atoms with van der Waals surface area (Å²) in [7, 11) is 1.60. The monoisotopic (exact) mass is 396 g/mol. The van der Waals surface area contributed by atoms with Crippen LogP contribution in [0.4, 0.5) is 0 Å². The van der Waals surface area contributed by atoms with Gasteiger partial charge in [-0.15, -0.1) is 10.2 Å². The maximum Gasteiger partial charge on any atom is 0.338 e. The fourth-order valence-corrected chi connectivity index (χ4v) is 2.53. The second-order valence-corrected chi connectivity index (χ2v) is 6.78. The average Bonchev–Trinajstić information content (AvgIpc) is 3.23. The standard InChI is InChI=1S/C22H24N2O5/c1-14(2)27-13-16-5-7-18(8-6-16)22(25)28-15(3)20-23-24-21(29-20)17-9-11-19(26-4)12-10-17/h5-12,14-15H,13H2,1-4H3/t15-/m0/s1. The molecule has 0 saturated heterocycles. The molecule has 0 unspecified atom stereocenters. The summed E-state index contributed by atoms with van der Waals surface area (Å²) in [6.45, 7) is 6.14. The highest BCUT2D eigenvalue weighted by molar-refractivity contribution is 5.89. The molecule has 1 aromatic heterocycles. The third kappa shape index (κ3) is 5.42. The van der Waals surface area contributed by atoms with Crippen LogP contribution in [0.15, 0.2) is 52.9 Å². The Balaban J connectivity index is 1.61. The molecule has 0 amide bonds. The van der Waals surface area contributed by atoms with Gasteiger partial charge >= 0.3 is 5.97 Å². The minimum atomic E-state index is -0.675. The molecule has 0 aliphatic carbocycles. The lowest BCUT2D eigenvalue weighted by Crippen LogP contribution is -2.10. The minimum absolute atomic E-state index is 0.151. The molecule has 3 rings (SSSR count). The van der Waals surface area contributed by atoms with Crippen molar-refractivity contribution >= 4 is 5.97 Å². The van der Waals surface area contributed by atoms with Crippen LogP contribution < -0.4 is 4.74 Å². The Kier molecular flexibility index (Phi) is 6.61. The Labute approximate surface area is 169 Å². The molecule has 2 aromatic carbocycles. The highest BCUT2D eigenvalue weighted by Gasteiger charge is 2.20. The molecule has 7 nitrogen and oxygen atoms in total. The molecule has 0 saturated carbocycles. The first-order valence-electron chi connectivity index (χ1n) is 9.35. The van der Waals surface area contributed by atoms with E-state index in [-0.39, 0.29) is 12.0 Å². The molecular formula is C22H24N2O5. The molecular weight excluding hydrogens is 372 g/mol. The summed E-state index contributed by atoms with van der Waals surface area (Å²) in [4.78, 5) is 12.4. The van der Waals surface area contributed by atoms with Crippen LogP contribution >= 0.6 is 0 Å². The second kappa shape index (κ2) is 9.34. The molecule has 0 N–H and O–H groups in total. The van der Waals surface area contributed by atoms with Crippen molar-refractivity contribution in [3.05, 3.63) is 65.5 Å². The number of methoxy groups -OCH3 is 1. The van der Waals surface area contributed by atoms with Crippen molar-refractivity contribution in [3.8, 4) is 17.2 Å². The number of carbonyl (C=O) groups is 1. The number of rotatable bonds is 8. The molecule has 7 heteroatoms. The Bertz CT molecular complexity index is 933. The quantitative estimate of drug-likeness (QED) is 0.515. The molecule has 0 fully saturated rings. The van der Waals surface area contributed by atoms with Gasteiger partial charge in [0.25, 0.3) is 5.89 Å². The van der Waals surface area contributed by atoms with Gasteiger partial charge in [0.1, 0.15) is 5.75 Å². The minimum Gasteiger partial charge on any atom is -0.497 e. The predicted molar refractivity (Wildman–Crippen MR) is 106 cm³/mol. The van der Waals surface area contributed by atoms with Crippen LogP contribution in [0.2, 0.25) is 0 Å². The molecule has 0 radical (unpaired) electrons. The van der Waals surface area contributed by atoms with E-state index in [0.717, 1.165) is 16.9 Å². The van der Waals surface area contributed by atoms with Gasteiger partial charge in [-0.05, 0) is 62.7 Å². The summed E-state index contributed by atoms with van der Waals surface area (Å²) in [5.41, 5.74) is 2.19. The van der Waals surface area contributed by atoms with Crippen molar-refractivity contribution in [2.75, 3.05) is 7.11 Å². The summed E-state index contributed by atoms with van der Waals surface area (Å²) in [5.74, 6) is 0.849. The normalized spacial score (nSPS) is 12.0.